The topological polar surface area (TPSA) is 94.3 Å². The summed E-state index contributed by atoms with van der Waals surface area (Å²) in [4.78, 5) is 24.2. The van der Waals surface area contributed by atoms with E-state index in [0.717, 1.165) is 11.1 Å². The van der Waals surface area contributed by atoms with Gasteiger partial charge in [0, 0.05) is 17.7 Å². The first kappa shape index (κ1) is 19.3. The van der Waals surface area contributed by atoms with Crippen LogP contribution in [0.4, 0.5) is 0 Å². The lowest BCUT2D eigenvalue weighted by molar-refractivity contribution is -0.149. The summed E-state index contributed by atoms with van der Waals surface area (Å²) in [5, 5.41) is 10.6. The van der Waals surface area contributed by atoms with Crippen molar-refractivity contribution in [2.45, 2.75) is 26.4 Å². The molecule has 3 rings (SSSR count). The van der Waals surface area contributed by atoms with E-state index in [4.69, 9.17) is 9.15 Å². The van der Waals surface area contributed by atoms with Crippen molar-refractivity contribution in [2.75, 3.05) is 6.54 Å². The van der Waals surface area contributed by atoms with Gasteiger partial charge in [0.2, 0.25) is 5.89 Å². The van der Waals surface area contributed by atoms with Crippen LogP contribution in [-0.2, 0) is 9.53 Å². The molecule has 0 spiro atoms. The third kappa shape index (κ3) is 4.82. The summed E-state index contributed by atoms with van der Waals surface area (Å²) in [6.45, 7) is 3.70. The van der Waals surface area contributed by atoms with Gasteiger partial charge in [0.1, 0.15) is 0 Å². The van der Waals surface area contributed by atoms with Crippen molar-refractivity contribution in [3.63, 3.8) is 0 Å². The molecule has 0 bridgehead atoms. The normalized spacial score (nSPS) is 11.6. The number of aromatic nitrogens is 2. The Balaban J connectivity index is 1.48. The molecule has 144 valence electrons. The average molecular weight is 379 g/mol. The first-order chi connectivity index (χ1) is 13.5. The van der Waals surface area contributed by atoms with Gasteiger partial charge < -0.3 is 14.5 Å². The highest BCUT2D eigenvalue weighted by molar-refractivity contribution is 5.95. The van der Waals surface area contributed by atoms with Crippen LogP contribution in [-0.4, -0.2) is 28.6 Å². The van der Waals surface area contributed by atoms with Crippen molar-refractivity contribution in [3.05, 3.63) is 71.6 Å². The Kier molecular flexibility index (Phi) is 6.16. The second kappa shape index (κ2) is 8.94. The summed E-state index contributed by atoms with van der Waals surface area (Å²) in [6.07, 6.45) is -0.633. The molecule has 1 unspecified atom stereocenters. The Labute approximate surface area is 162 Å². The molecule has 0 radical (unpaired) electrons. The van der Waals surface area contributed by atoms with E-state index < -0.39 is 12.1 Å². The zero-order valence-electron chi connectivity index (χ0n) is 15.7. The van der Waals surface area contributed by atoms with Gasteiger partial charge in [-0.1, -0.05) is 36.4 Å². The minimum absolute atomic E-state index is 0.0433. The zero-order valence-corrected chi connectivity index (χ0v) is 15.7. The number of rotatable bonds is 7. The Morgan fingerprint density at radius 3 is 2.54 bits per heavy atom. The van der Waals surface area contributed by atoms with E-state index in [-0.39, 0.29) is 24.8 Å². The molecule has 7 heteroatoms. The van der Waals surface area contributed by atoms with Crippen LogP contribution in [0.25, 0.3) is 11.5 Å². The van der Waals surface area contributed by atoms with Gasteiger partial charge in [0.25, 0.3) is 11.8 Å². The van der Waals surface area contributed by atoms with Gasteiger partial charge in [0.15, 0.2) is 6.10 Å². The molecule has 1 N–H and O–H groups in total. The number of benzene rings is 2. The Hall–Kier alpha value is -3.48. The van der Waals surface area contributed by atoms with E-state index in [2.05, 4.69) is 15.5 Å². The number of ether oxygens (including phenoxy) is 1. The number of hydrogen-bond donors (Lipinski definition) is 1. The molecule has 0 aliphatic carbocycles. The molecular formula is C21H21N3O4. The summed E-state index contributed by atoms with van der Waals surface area (Å²) in [5.74, 6) is -0.0967. The van der Waals surface area contributed by atoms with Crippen molar-refractivity contribution < 1.29 is 18.7 Å². The summed E-state index contributed by atoms with van der Waals surface area (Å²) in [7, 11) is 0. The van der Waals surface area contributed by atoms with E-state index in [1.54, 1.807) is 19.1 Å². The van der Waals surface area contributed by atoms with E-state index in [9.17, 15) is 9.59 Å². The number of hydrogen-bond acceptors (Lipinski definition) is 6. The summed E-state index contributed by atoms with van der Waals surface area (Å²) >= 11 is 0. The predicted molar refractivity (Wildman–Crippen MR) is 102 cm³/mol. The molecule has 2 aromatic carbocycles. The quantitative estimate of drug-likeness (QED) is 0.632. The number of carbonyl (C=O) groups excluding carboxylic acids is 2. The molecule has 0 saturated carbocycles. The van der Waals surface area contributed by atoms with Crippen LogP contribution in [0.3, 0.4) is 0 Å². The standard InChI is InChI=1S/C21H21N3O4/c1-14-8-6-7-11-17(14)19(26)22-13-12-18(25)27-15(2)20-23-24-21(28-20)16-9-4-3-5-10-16/h3-11,15H,12-13H2,1-2H3,(H,22,26). The average Bonchev–Trinajstić information content (AvgIpc) is 3.19. The van der Waals surface area contributed by atoms with Crippen molar-refractivity contribution >= 4 is 11.9 Å². The number of esters is 1. The van der Waals surface area contributed by atoms with Gasteiger partial charge in [-0.05, 0) is 37.6 Å². The Morgan fingerprint density at radius 2 is 1.79 bits per heavy atom. The smallest absolute Gasteiger partial charge is 0.308 e. The Bertz CT molecular complexity index is 953. The van der Waals surface area contributed by atoms with Gasteiger partial charge in [-0.15, -0.1) is 10.2 Å². The van der Waals surface area contributed by atoms with E-state index in [1.165, 1.54) is 0 Å². The molecule has 1 atom stereocenters. The molecule has 0 fully saturated rings. The molecule has 7 nitrogen and oxygen atoms in total. The molecule has 1 aromatic heterocycles. The van der Waals surface area contributed by atoms with Crippen LogP contribution in [0, 0.1) is 6.92 Å². The van der Waals surface area contributed by atoms with Crippen molar-refractivity contribution in [1.82, 2.24) is 15.5 Å². The largest absolute Gasteiger partial charge is 0.453 e. The second-order valence-corrected chi connectivity index (χ2v) is 6.26. The highest BCUT2D eigenvalue weighted by atomic mass is 16.6. The number of amides is 1. The monoisotopic (exact) mass is 379 g/mol. The van der Waals surface area contributed by atoms with E-state index >= 15 is 0 Å². The lowest BCUT2D eigenvalue weighted by Crippen LogP contribution is -2.27. The molecule has 0 saturated heterocycles. The number of nitrogens with one attached hydrogen (secondary N) is 1. The maximum absolute atomic E-state index is 12.1. The first-order valence-electron chi connectivity index (χ1n) is 8.96. The molecule has 1 amide bonds. The first-order valence-corrected chi connectivity index (χ1v) is 8.96. The maximum atomic E-state index is 12.1. The van der Waals surface area contributed by atoms with Gasteiger partial charge in [0.05, 0.1) is 6.42 Å². The van der Waals surface area contributed by atoms with Gasteiger partial charge in [-0.2, -0.15) is 0 Å². The summed E-state index contributed by atoms with van der Waals surface area (Å²) in [5.41, 5.74) is 2.25. The predicted octanol–water partition coefficient (Wildman–Crippen LogP) is 3.47. The molecule has 0 aliphatic rings. The third-order valence-corrected chi connectivity index (χ3v) is 4.12. The van der Waals surface area contributed by atoms with Crippen LogP contribution >= 0.6 is 0 Å². The van der Waals surface area contributed by atoms with Crippen LogP contribution in [0.1, 0.15) is 41.3 Å². The lowest BCUT2D eigenvalue weighted by Gasteiger charge is -2.10. The van der Waals surface area contributed by atoms with E-state index in [0.29, 0.717) is 11.5 Å². The van der Waals surface area contributed by atoms with Crippen molar-refractivity contribution in [1.29, 1.82) is 0 Å². The van der Waals surface area contributed by atoms with Crippen LogP contribution in [0.5, 0.6) is 0 Å². The van der Waals surface area contributed by atoms with Gasteiger partial charge in [-0.3, -0.25) is 9.59 Å². The number of aryl methyl sites for hydroxylation is 1. The minimum Gasteiger partial charge on any atom is -0.453 e. The van der Waals surface area contributed by atoms with Crippen molar-refractivity contribution in [2.24, 2.45) is 0 Å². The maximum Gasteiger partial charge on any atom is 0.308 e. The Morgan fingerprint density at radius 1 is 1.07 bits per heavy atom. The van der Waals surface area contributed by atoms with Crippen LogP contribution in [0.2, 0.25) is 0 Å². The molecule has 3 aromatic rings. The second-order valence-electron chi connectivity index (χ2n) is 6.26. The van der Waals surface area contributed by atoms with Gasteiger partial charge in [-0.25, -0.2) is 0 Å². The highest BCUT2D eigenvalue weighted by Gasteiger charge is 2.19. The fraction of sp³-hybridized carbons (Fsp3) is 0.238. The molecule has 28 heavy (non-hydrogen) atoms. The van der Waals surface area contributed by atoms with Crippen LogP contribution < -0.4 is 5.32 Å². The van der Waals surface area contributed by atoms with E-state index in [1.807, 2.05) is 49.4 Å². The van der Waals surface area contributed by atoms with Crippen molar-refractivity contribution in [3.8, 4) is 11.5 Å². The third-order valence-electron chi connectivity index (χ3n) is 4.12. The summed E-state index contributed by atoms with van der Waals surface area (Å²) in [6, 6.07) is 16.6. The summed E-state index contributed by atoms with van der Waals surface area (Å²) < 4.78 is 10.9. The zero-order chi connectivity index (χ0) is 19.9. The van der Waals surface area contributed by atoms with Gasteiger partial charge >= 0.3 is 5.97 Å². The fourth-order valence-electron chi connectivity index (χ4n) is 2.60. The molecule has 0 aliphatic heterocycles. The molecular weight excluding hydrogens is 358 g/mol. The number of carbonyl (C=O) groups is 2. The number of nitrogens with zero attached hydrogens (tertiary/aromatic N) is 2. The fourth-order valence-corrected chi connectivity index (χ4v) is 2.60. The highest BCUT2D eigenvalue weighted by Crippen LogP contribution is 2.22. The lowest BCUT2D eigenvalue weighted by atomic mass is 10.1. The SMILES string of the molecule is Cc1ccccc1C(=O)NCCC(=O)OC(C)c1nnc(-c2ccccc2)o1. The molecule has 1 heterocycles. The van der Waals surface area contributed by atoms with Crippen LogP contribution in [0.15, 0.2) is 59.0 Å². The minimum atomic E-state index is -0.676.